The van der Waals surface area contributed by atoms with Crippen molar-refractivity contribution in [3.05, 3.63) is 29.6 Å². The largest absolute Gasteiger partial charge is 0.419 e. The summed E-state index contributed by atoms with van der Waals surface area (Å²) in [7, 11) is 0. The van der Waals surface area contributed by atoms with E-state index in [0.717, 1.165) is 6.07 Å². The van der Waals surface area contributed by atoms with Gasteiger partial charge >= 0.3 is 12.2 Å². The summed E-state index contributed by atoms with van der Waals surface area (Å²) in [5.41, 5.74) is -1.64. The molecule has 0 aliphatic carbocycles. The Balaban J connectivity index is 2.76. The standard InChI is InChI=1S/C14H18F4N2O2/c1-8(2)5-10(7-21)20-13(22)19-9-3-4-12(15)11(6-9)14(16,17)18/h3-4,6,8,10,21H,5,7H2,1-2H3,(H2,19,20,22). The zero-order chi connectivity index (χ0) is 16.9. The Morgan fingerprint density at radius 2 is 1.95 bits per heavy atom. The lowest BCUT2D eigenvalue weighted by molar-refractivity contribution is -0.139. The minimum absolute atomic E-state index is 0.188. The third-order valence-electron chi connectivity index (χ3n) is 2.84. The molecule has 124 valence electrons. The first-order valence-corrected chi connectivity index (χ1v) is 6.68. The fourth-order valence-electron chi connectivity index (χ4n) is 1.92. The molecule has 0 heterocycles. The van der Waals surface area contributed by atoms with Gasteiger partial charge < -0.3 is 15.7 Å². The SMILES string of the molecule is CC(C)CC(CO)NC(=O)Nc1ccc(F)c(C(F)(F)F)c1. The summed E-state index contributed by atoms with van der Waals surface area (Å²) < 4.78 is 50.8. The van der Waals surface area contributed by atoms with Gasteiger partial charge in [0.25, 0.3) is 0 Å². The van der Waals surface area contributed by atoms with Crippen LogP contribution < -0.4 is 10.6 Å². The molecule has 1 unspecified atom stereocenters. The van der Waals surface area contributed by atoms with Crippen molar-refractivity contribution in [3.63, 3.8) is 0 Å². The quantitative estimate of drug-likeness (QED) is 0.728. The fourth-order valence-corrected chi connectivity index (χ4v) is 1.92. The van der Waals surface area contributed by atoms with Crippen LogP contribution in [-0.2, 0) is 6.18 Å². The number of urea groups is 1. The predicted molar refractivity (Wildman–Crippen MR) is 73.9 cm³/mol. The molecule has 0 fully saturated rings. The molecule has 3 N–H and O–H groups in total. The highest BCUT2D eigenvalue weighted by molar-refractivity contribution is 5.89. The molecule has 0 bridgehead atoms. The van der Waals surface area contributed by atoms with Crippen LogP contribution in [0.2, 0.25) is 0 Å². The highest BCUT2D eigenvalue weighted by Crippen LogP contribution is 2.32. The first-order valence-electron chi connectivity index (χ1n) is 6.68. The zero-order valence-corrected chi connectivity index (χ0v) is 12.2. The minimum Gasteiger partial charge on any atom is -0.394 e. The van der Waals surface area contributed by atoms with E-state index >= 15 is 0 Å². The van der Waals surface area contributed by atoms with Crippen LogP contribution in [0.4, 0.5) is 28.0 Å². The monoisotopic (exact) mass is 322 g/mol. The molecule has 8 heteroatoms. The van der Waals surface area contributed by atoms with Gasteiger partial charge in [0.1, 0.15) is 5.82 Å². The minimum atomic E-state index is -4.84. The van der Waals surface area contributed by atoms with Gasteiger partial charge in [-0.25, -0.2) is 9.18 Å². The van der Waals surface area contributed by atoms with Crippen LogP contribution in [0.5, 0.6) is 0 Å². The number of hydrogen-bond acceptors (Lipinski definition) is 2. The van der Waals surface area contributed by atoms with Gasteiger partial charge in [-0.2, -0.15) is 13.2 Å². The first kappa shape index (κ1) is 18.2. The molecular formula is C14H18F4N2O2. The number of halogens is 4. The molecular weight excluding hydrogens is 304 g/mol. The smallest absolute Gasteiger partial charge is 0.394 e. The van der Waals surface area contributed by atoms with Crippen molar-refractivity contribution in [2.45, 2.75) is 32.5 Å². The van der Waals surface area contributed by atoms with Gasteiger partial charge in [0.15, 0.2) is 0 Å². The topological polar surface area (TPSA) is 61.4 Å². The Morgan fingerprint density at radius 3 is 2.45 bits per heavy atom. The van der Waals surface area contributed by atoms with Crippen LogP contribution in [0.3, 0.4) is 0 Å². The lowest BCUT2D eigenvalue weighted by Crippen LogP contribution is -2.41. The van der Waals surface area contributed by atoms with Crippen molar-refractivity contribution in [3.8, 4) is 0 Å². The molecule has 4 nitrogen and oxygen atoms in total. The van der Waals surface area contributed by atoms with Crippen molar-refractivity contribution in [2.75, 3.05) is 11.9 Å². The number of rotatable bonds is 5. The van der Waals surface area contributed by atoms with Gasteiger partial charge in [-0.15, -0.1) is 0 Å². The number of amides is 2. The molecule has 0 aromatic heterocycles. The van der Waals surface area contributed by atoms with E-state index in [9.17, 15) is 22.4 Å². The highest BCUT2D eigenvalue weighted by atomic mass is 19.4. The Labute approximate surface area is 125 Å². The van der Waals surface area contributed by atoms with Crippen LogP contribution in [-0.4, -0.2) is 23.8 Å². The molecule has 0 aliphatic rings. The Hall–Kier alpha value is -1.83. The second-order valence-corrected chi connectivity index (χ2v) is 5.30. The maximum Gasteiger partial charge on any atom is 0.419 e. The lowest BCUT2D eigenvalue weighted by atomic mass is 10.0. The molecule has 0 saturated carbocycles. The van der Waals surface area contributed by atoms with E-state index in [4.69, 9.17) is 5.11 Å². The third-order valence-corrected chi connectivity index (χ3v) is 2.84. The summed E-state index contributed by atoms with van der Waals surface area (Å²) in [5.74, 6) is -1.19. The normalized spacial score (nSPS) is 13.1. The number of nitrogens with one attached hydrogen (secondary N) is 2. The second kappa shape index (κ2) is 7.44. The molecule has 1 rings (SSSR count). The van der Waals surface area contributed by atoms with E-state index < -0.39 is 29.6 Å². The molecule has 0 aliphatic heterocycles. The molecule has 2 amide bonds. The van der Waals surface area contributed by atoms with Gasteiger partial charge in [-0.1, -0.05) is 13.8 Å². The van der Waals surface area contributed by atoms with E-state index in [0.29, 0.717) is 18.6 Å². The maximum atomic E-state index is 13.1. The van der Waals surface area contributed by atoms with Gasteiger partial charge in [-0.05, 0) is 30.5 Å². The second-order valence-electron chi connectivity index (χ2n) is 5.30. The molecule has 0 radical (unpaired) electrons. The van der Waals surface area contributed by atoms with Crippen molar-refractivity contribution >= 4 is 11.7 Å². The number of hydrogen-bond donors (Lipinski definition) is 3. The summed E-state index contributed by atoms with van der Waals surface area (Å²) in [5, 5.41) is 13.8. The first-order chi connectivity index (χ1) is 10.1. The van der Waals surface area contributed by atoms with E-state index in [1.54, 1.807) is 0 Å². The zero-order valence-electron chi connectivity index (χ0n) is 12.2. The summed E-state index contributed by atoms with van der Waals surface area (Å²) in [6, 6.07) is 0.907. The summed E-state index contributed by atoms with van der Waals surface area (Å²) >= 11 is 0. The van der Waals surface area contributed by atoms with Crippen molar-refractivity contribution in [2.24, 2.45) is 5.92 Å². The Kier molecular flexibility index (Phi) is 6.16. The van der Waals surface area contributed by atoms with E-state index in [1.807, 2.05) is 13.8 Å². The summed E-state index contributed by atoms with van der Waals surface area (Å²) in [6.07, 6.45) is -4.33. The van der Waals surface area contributed by atoms with Crippen LogP contribution in [0.25, 0.3) is 0 Å². The maximum absolute atomic E-state index is 13.1. The average Bonchev–Trinajstić information content (AvgIpc) is 2.38. The van der Waals surface area contributed by atoms with E-state index in [1.165, 1.54) is 0 Å². The van der Waals surface area contributed by atoms with Crippen LogP contribution in [0.1, 0.15) is 25.8 Å². The van der Waals surface area contributed by atoms with Crippen molar-refractivity contribution < 1.29 is 27.5 Å². The van der Waals surface area contributed by atoms with Crippen molar-refractivity contribution in [1.82, 2.24) is 5.32 Å². The number of anilines is 1. The van der Waals surface area contributed by atoms with Gasteiger partial charge in [-0.3, -0.25) is 0 Å². The highest BCUT2D eigenvalue weighted by Gasteiger charge is 2.34. The average molecular weight is 322 g/mol. The van der Waals surface area contributed by atoms with Gasteiger partial charge in [0.2, 0.25) is 0 Å². The summed E-state index contributed by atoms with van der Waals surface area (Å²) in [6.45, 7) is 3.51. The molecule has 22 heavy (non-hydrogen) atoms. The molecule has 0 spiro atoms. The van der Waals surface area contributed by atoms with Crippen LogP contribution >= 0.6 is 0 Å². The number of aliphatic hydroxyl groups excluding tert-OH is 1. The Bertz CT molecular complexity index is 518. The molecule has 1 aromatic carbocycles. The van der Waals surface area contributed by atoms with E-state index in [-0.39, 0.29) is 18.2 Å². The van der Waals surface area contributed by atoms with Crippen LogP contribution in [0, 0.1) is 11.7 Å². The number of benzene rings is 1. The summed E-state index contributed by atoms with van der Waals surface area (Å²) in [4.78, 5) is 11.7. The van der Waals surface area contributed by atoms with Crippen LogP contribution in [0.15, 0.2) is 18.2 Å². The molecule has 1 atom stereocenters. The Morgan fingerprint density at radius 1 is 1.32 bits per heavy atom. The number of aliphatic hydroxyl groups is 1. The molecule has 0 saturated heterocycles. The molecule has 1 aromatic rings. The van der Waals surface area contributed by atoms with Crippen molar-refractivity contribution in [1.29, 1.82) is 0 Å². The third kappa shape index (κ3) is 5.51. The van der Waals surface area contributed by atoms with Gasteiger partial charge in [0.05, 0.1) is 18.2 Å². The predicted octanol–water partition coefficient (Wildman–Crippen LogP) is 3.37. The number of carbonyl (C=O) groups is 1. The number of carbonyl (C=O) groups excluding carboxylic acids is 1. The van der Waals surface area contributed by atoms with E-state index in [2.05, 4.69) is 10.6 Å². The lowest BCUT2D eigenvalue weighted by Gasteiger charge is -2.19. The number of alkyl halides is 3. The van der Waals surface area contributed by atoms with Gasteiger partial charge in [0, 0.05) is 5.69 Å². The fraction of sp³-hybridized carbons (Fsp3) is 0.500.